The first-order valence-corrected chi connectivity index (χ1v) is 14.8. The molecule has 0 aliphatic heterocycles. The number of carbonyl (C=O) groups excluding carboxylic acids is 1. The maximum Gasteiger partial charge on any atom is 0.407 e. The van der Waals surface area contributed by atoms with Crippen molar-refractivity contribution < 1.29 is 33.0 Å². The summed E-state index contributed by atoms with van der Waals surface area (Å²) in [6, 6.07) is 8.55. The van der Waals surface area contributed by atoms with Crippen LogP contribution in [-0.4, -0.2) is 58.4 Å². The minimum Gasteiger partial charge on any atom is -0.465 e. The molecule has 44 heavy (non-hydrogen) atoms. The highest BCUT2D eigenvalue weighted by Gasteiger charge is 2.35. The first kappa shape index (κ1) is 31.1. The average molecular weight is 626 g/mol. The lowest BCUT2D eigenvalue weighted by Gasteiger charge is -2.38. The van der Waals surface area contributed by atoms with Gasteiger partial charge in [0.1, 0.15) is 5.75 Å². The van der Waals surface area contributed by atoms with Gasteiger partial charge >= 0.3 is 12.1 Å². The number of ether oxygens (including phenoxy) is 2. The normalized spacial score (nSPS) is 13.9. The molecule has 3 heterocycles. The fraction of sp³-hybridized carbons (Fsp3) is 0.355. The van der Waals surface area contributed by atoms with Crippen molar-refractivity contribution in [1.29, 1.82) is 0 Å². The zero-order valence-electron chi connectivity index (χ0n) is 24.7. The highest BCUT2D eigenvalue weighted by Crippen LogP contribution is 2.41. The highest BCUT2D eigenvalue weighted by molar-refractivity contribution is 7.22. The Kier molecular flexibility index (Phi) is 8.97. The molecule has 3 amide bonds. The van der Waals surface area contributed by atoms with Crippen LogP contribution in [0.4, 0.5) is 24.1 Å². The summed E-state index contributed by atoms with van der Waals surface area (Å²) in [6.45, 7) is 6.38. The SMILES string of the molecule is COCCN(C(=O)O)C(c1ccc(-c2cc3nccc(Oc4ccc(NC(=O)NC5CC5)c(F)c4F)c3s2)nc1)C(C)(C)C. The maximum absolute atomic E-state index is 15.0. The van der Waals surface area contributed by atoms with Gasteiger partial charge in [-0.2, -0.15) is 4.39 Å². The zero-order chi connectivity index (χ0) is 31.6. The number of nitrogens with one attached hydrogen (secondary N) is 2. The van der Waals surface area contributed by atoms with Crippen molar-refractivity contribution in [2.24, 2.45) is 5.41 Å². The van der Waals surface area contributed by atoms with Crippen molar-refractivity contribution in [2.45, 2.75) is 45.7 Å². The number of fused-ring (bicyclic) bond motifs is 1. The number of hydrogen-bond acceptors (Lipinski definition) is 7. The van der Waals surface area contributed by atoms with Gasteiger partial charge in [-0.15, -0.1) is 11.3 Å². The minimum atomic E-state index is -1.23. The second kappa shape index (κ2) is 12.7. The molecule has 1 saturated carbocycles. The number of benzene rings is 1. The van der Waals surface area contributed by atoms with Crippen LogP contribution in [0.25, 0.3) is 20.8 Å². The summed E-state index contributed by atoms with van der Waals surface area (Å²) in [4.78, 5) is 35.2. The molecule has 4 aromatic rings. The largest absolute Gasteiger partial charge is 0.465 e. The van der Waals surface area contributed by atoms with E-state index in [1.54, 1.807) is 12.3 Å². The molecule has 1 atom stereocenters. The number of methoxy groups -OCH3 is 1. The molecule has 0 saturated heterocycles. The van der Waals surface area contributed by atoms with E-state index < -0.39 is 35.2 Å². The molecule has 1 fully saturated rings. The van der Waals surface area contributed by atoms with E-state index in [4.69, 9.17) is 9.47 Å². The number of aromatic nitrogens is 2. The number of rotatable bonds is 10. The number of amides is 3. The molecular formula is C31H33F2N5O5S. The third-order valence-electron chi connectivity index (χ3n) is 7.07. The van der Waals surface area contributed by atoms with Gasteiger partial charge in [0, 0.05) is 38.2 Å². The predicted molar refractivity (Wildman–Crippen MR) is 163 cm³/mol. The monoisotopic (exact) mass is 625 g/mol. The van der Waals surface area contributed by atoms with E-state index in [9.17, 15) is 23.5 Å². The molecule has 13 heteroatoms. The lowest BCUT2D eigenvalue weighted by molar-refractivity contribution is 0.0612. The number of anilines is 1. The quantitative estimate of drug-likeness (QED) is 0.167. The lowest BCUT2D eigenvalue weighted by atomic mass is 9.81. The van der Waals surface area contributed by atoms with Crippen molar-refractivity contribution in [3.05, 3.63) is 66.0 Å². The molecule has 0 spiro atoms. The van der Waals surface area contributed by atoms with E-state index in [-0.39, 0.29) is 36.4 Å². The average Bonchev–Trinajstić information content (AvgIpc) is 3.67. The standard InChI is InChI=1S/C31H33F2N5O5S/c1-31(2,3)28(38(30(40)41)13-14-42-4)17-5-8-19(35-16-17)24-15-21-27(44-24)23(11-12-34-21)43-22-10-9-20(25(32)26(22)33)37-29(39)36-18-6-7-18/h5,8-12,15-16,18,28H,6-7,13-14H2,1-4H3,(H,40,41)(H2,36,37,39). The van der Waals surface area contributed by atoms with Gasteiger partial charge in [0.25, 0.3) is 0 Å². The number of urea groups is 1. The third kappa shape index (κ3) is 6.89. The van der Waals surface area contributed by atoms with E-state index in [0.717, 1.165) is 23.3 Å². The zero-order valence-corrected chi connectivity index (χ0v) is 25.5. The molecule has 5 rings (SSSR count). The number of nitrogens with zero attached hydrogens (tertiary/aromatic N) is 3. The molecule has 10 nitrogen and oxygen atoms in total. The Labute approximate surface area is 257 Å². The van der Waals surface area contributed by atoms with E-state index in [1.807, 2.05) is 39.0 Å². The van der Waals surface area contributed by atoms with Crippen LogP contribution in [0.5, 0.6) is 11.5 Å². The van der Waals surface area contributed by atoms with Gasteiger partial charge < -0.3 is 25.2 Å². The van der Waals surface area contributed by atoms with Gasteiger partial charge in [-0.25, -0.2) is 14.0 Å². The first-order valence-electron chi connectivity index (χ1n) is 14.0. The van der Waals surface area contributed by atoms with Crippen molar-refractivity contribution in [2.75, 3.05) is 25.6 Å². The molecule has 3 aromatic heterocycles. The summed E-state index contributed by atoms with van der Waals surface area (Å²) in [6.07, 6.45) is 3.85. The van der Waals surface area contributed by atoms with Crippen LogP contribution >= 0.6 is 11.3 Å². The maximum atomic E-state index is 15.0. The Morgan fingerprint density at radius 2 is 1.89 bits per heavy atom. The summed E-state index contributed by atoms with van der Waals surface area (Å²) in [5.41, 5.74) is 1.23. The van der Waals surface area contributed by atoms with Crippen LogP contribution in [0.1, 0.15) is 45.2 Å². The number of carbonyl (C=O) groups is 2. The van der Waals surface area contributed by atoms with Crippen molar-refractivity contribution in [3.8, 4) is 22.1 Å². The van der Waals surface area contributed by atoms with Gasteiger partial charge in [0.15, 0.2) is 11.6 Å². The molecule has 1 aliphatic carbocycles. The predicted octanol–water partition coefficient (Wildman–Crippen LogP) is 7.43. The van der Waals surface area contributed by atoms with Crippen molar-refractivity contribution in [3.63, 3.8) is 0 Å². The summed E-state index contributed by atoms with van der Waals surface area (Å²) in [5, 5.41) is 14.9. The third-order valence-corrected chi connectivity index (χ3v) is 8.23. The minimum absolute atomic E-state index is 0.0669. The van der Waals surface area contributed by atoms with Crippen LogP contribution in [0.2, 0.25) is 0 Å². The molecule has 0 bridgehead atoms. The van der Waals surface area contributed by atoms with E-state index in [1.165, 1.54) is 41.7 Å². The van der Waals surface area contributed by atoms with Gasteiger partial charge in [0.05, 0.1) is 39.1 Å². The Morgan fingerprint density at radius 3 is 2.52 bits per heavy atom. The van der Waals surface area contributed by atoms with E-state index in [0.29, 0.717) is 15.9 Å². The number of carboxylic acid groups (broad SMARTS) is 1. The molecule has 1 aromatic carbocycles. The van der Waals surface area contributed by atoms with Crippen molar-refractivity contribution >= 4 is 39.4 Å². The first-order chi connectivity index (χ1) is 21.0. The van der Waals surface area contributed by atoms with Crippen LogP contribution in [0, 0.1) is 17.0 Å². The molecule has 1 aliphatic rings. The van der Waals surface area contributed by atoms with Crippen molar-refractivity contribution in [1.82, 2.24) is 20.2 Å². The topological polar surface area (TPSA) is 126 Å². The summed E-state index contributed by atoms with van der Waals surface area (Å²) >= 11 is 1.32. The van der Waals surface area contributed by atoms with Crippen LogP contribution in [-0.2, 0) is 4.74 Å². The fourth-order valence-corrected chi connectivity index (χ4v) is 5.95. The molecule has 1 unspecified atom stereocenters. The molecule has 0 radical (unpaired) electrons. The van der Waals surface area contributed by atoms with Crippen LogP contribution in [0.3, 0.4) is 0 Å². The smallest absolute Gasteiger partial charge is 0.407 e. The number of hydrogen-bond donors (Lipinski definition) is 3. The summed E-state index contributed by atoms with van der Waals surface area (Å²) < 4.78 is 41.3. The van der Waals surface area contributed by atoms with Gasteiger partial charge in [-0.1, -0.05) is 26.8 Å². The van der Waals surface area contributed by atoms with Gasteiger partial charge in [-0.3, -0.25) is 14.9 Å². The van der Waals surface area contributed by atoms with E-state index in [2.05, 4.69) is 20.6 Å². The highest BCUT2D eigenvalue weighted by atomic mass is 32.1. The Morgan fingerprint density at radius 1 is 1.11 bits per heavy atom. The Bertz CT molecular complexity index is 1670. The Hall–Kier alpha value is -4.36. The number of pyridine rings is 2. The second-order valence-corrected chi connectivity index (χ2v) is 12.6. The lowest BCUT2D eigenvalue weighted by Crippen LogP contribution is -2.42. The summed E-state index contributed by atoms with van der Waals surface area (Å²) in [7, 11) is 1.53. The second-order valence-electron chi connectivity index (χ2n) is 11.6. The van der Waals surface area contributed by atoms with Crippen LogP contribution in [0.15, 0.2) is 48.8 Å². The van der Waals surface area contributed by atoms with Gasteiger partial charge in [0.2, 0.25) is 5.82 Å². The number of thiophene rings is 1. The summed E-state index contributed by atoms with van der Waals surface area (Å²) in [5.74, 6) is -2.53. The Balaban J connectivity index is 1.38. The molecular weight excluding hydrogens is 592 g/mol. The fourth-order valence-electron chi connectivity index (χ4n) is 4.90. The van der Waals surface area contributed by atoms with Crippen LogP contribution < -0.4 is 15.4 Å². The molecule has 232 valence electrons. The molecule has 3 N–H and O–H groups in total. The number of halogens is 2. The van der Waals surface area contributed by atoms with E-state index >= 15 is 0 Å². The van der Waals surface area contributed by atoms with Gasteiger partial charge in [-0.05, 0) is 48.1 Å².